The number of benzene rings is 2. The first-order valence-electron chi connectivity index (χ1n) is 6.98. The maximum Gasteiger partial charge on any atom is 0.234 e. The minimum Gasteiger partial charge on any atom is -0.323 e. The molecule has 0 fully saturated rings. The predicted molar refractivity (Wildman–Crippen MR) is 92.6 cm³/mol. The number of nitrogens with zero attached hydrogens (tertiary/aromatic N) is 2. The number of aromatic nitrogens is 3. The maximum absolute atomic E-state index is 13.5. The fraction of sp³-hybridized carbons (Fsp3) is 0.0625. The highest BCUT2D eigenvalue weighted by molar-refractivity contribution is 7.99. The molecule has 0 aliphatic heterocycles. The third-order valence-corrected chi connectivity index (χ3v) is 4.25. The lowest BCUT2D eigenvalue weighted by atomic mass is 10.2. The quantitative estimate of drug-likeness (QED) is 0.673. The fourth-order valence-electron chi connectivity index (χ4n) is 1.96. The average molecular weight is 363 g/mol. The van der Waals surface area contributed by atoms with Crippen molar-refractivity contribution in [3.63, 3.8) is 0 Å². The Morgan fingerprint density at radius 1 is 1.21 bits per heavy atom. The largest absolute Gasteiger partial charge is 0.323 e. The summed E-state index contributed by atoms with van der Waals surface area (Å²) in [6.07, 6.45) is 0. The number of hydrogen-bond donors (Lipinski definition) is 2. The summed E-state index contributed by atoms with van der Waals surface area (Å²) in [4.78, 5) is 16.2. The van der Waals surface area contributed by atoms with Crippen LogP contribution in [0.4, 0.5) is 10.1 Å². The molecule has 2 N–H and O–H groups in total. The van der Waals surface area contributed by atoms with Gasteiger partial charge in [0.1, 0.15) is 5.82 Å². The van der Waals surface area contributed by atoms with Crippen molar-refractivity contribution in [2.45, 2.75) is 5.16 Å². The van der Waals surface area contributed by atoms with E-state index in [1.54, 1.807) is 18.2 Å². The van der Waals surface area contributed by atoms with Gasteiger partial charge in [0.05, 0.1) is 16.5 Å². The van der Waals surface area contributed by atoms with Crippen molar-refractivity contribution in [1.82, 2.24) is 15.2 Å². The molecule has 3 aromatic rings. The number of rotatable bonds is 5. The second-order valence-corrected chi connectivity index (χ2v) is 6.11. The molecule has 0 saturated heterocycles. The zero-order valence-electron chi connectivity index (χ0n) is 12.3. The summed E-state index contributed by atoms with van der Waals surface area (Å²) in [6.45, 7) is 0. The van der Waals surface area contributed by atoms with E-state index in [4.69, 9.17) is 11.6 Å². The van der Waals surface area contributed by atoms with Crippen molar-refractivity contribution >= 4 is 35.0 Å². The summed E-state index contributed by atoms with van der Waals surface area (Å²) in [5.41, 5.74) is 0.879. The first kappa shape index (κ1) is 16.5. The lowest BCUT2D eigenvalue weighted by Crippen LogP contribution is -2.15. The monoisotopic (exact) mass is 362 g/mol. The van der Waals surface area contributed by atoms with E-state index >= 15 is 0 Å². The molecular weight excluding hydrogens is 351 g/mol. The Balaban J connectivity index is 1.61. The molecule has 122 valence electrons. The lowest BCUT2D eigenvalue weighted by Gasteiger charge is -2.04. The molecule has 8 heteroatoms. The minimum atomic E-state index is -0.477. The van der Waals surface area contributed by atoms with Gasteiger partial charge in [0, 0.05) is 5.56 Å². The van der Waals surface area contributed by atoms with Gasteiger partial charge in [-0.2, -0.15) is 0 Å². The van der Waals surface area contributed by atoms with E-state index in [2.05, 4.69) is 20.5 Å². The molecule has 5 nitrogen and oxygen atoms in total. The van der Waals surface area contributed by atoms with E-state index in [1.165, 1.54) is 12.1 Å². The molecular formula is C16H12ClFN4OS. The van der Waals surface area contributed by atoms with E-state index in [-0.39, 0.29) is 17.3 Å². The first-order valence-corrected chi connectivity index (χ1v) is 8.34. The van der Waals surface area contributed by atoms with E-state index in [0.717, 1.165) is 17.3 Å². The Bertz CT molecular complexity index is 871. The topological polar surface area (TPSA) is 70.7 Å². The zero-order valence-corrected chi connectivity index (χ0v) is 13.9. The number of anilines is 1. The smallest absolute Gasteiger partial charge is 0.234 e. The third-order valence-electron chi connectivity index (χ3n) is 3.07. The van der Waals surface area contributed by atoms with Crippen molar-refractivity contribution < 1.29 is 9.18 Å². The second-order valence-electron chi connectivity index (χ2n) is 4.76. The van der Waals surface area contributed by atoms with Crippen LogP contribution in [0.15, 0.2) is 53.7 Å². The molecule has 0 spiro atoms. The Hall–Kier alpha value is -2.38. The van der Waals surface area contributed by atoms with Gasteiger partial charge in [-0.1, -0.05) is 47.6 Å². The SMILES string of the molecule is O=C(CSc1n[nH]c(-c2ccccc2Cl)n1)Nc1ccccc1F. The Morgan fingerprint density at radius 2 is 1.96 bits per heavy atom. The van der Waals surface area contributed by atoms with Crippen molar-refractivity contribution in [1.29, 1.82) is 0 Å². The van der Waals surface area contributed by atoms with E-state index in [0.29, 0.717) is 16.0 Å². The molecule has 0 aliphatic carbocycles. The Morgan fingerprint density at radius 3 is 2.75 bits per heavy atom. The number of amides is 1. The molecule has 1 aromatic heterocycles. The molecule has 0 aliphatic rings. The number of carbonyl (C=O) groups excluding carboxylic acids is 1. The summed E-state index contributed by atoms with van der Waals surface area (Å²) < 4.78 is 13.5. The number of halogens is 2. The standard InChI is InChI=1S/C16H12ClFN4OS/c17-11-6-2-1-5-10(11)15-20-16(22-21-15)24-9-14(23)19-13-8-4-3-7-12(13)18/h1-8H,9H2,(H,19,23)(H,20,21,22). The molecule has 1 heterocycles. The number of H-pyrrole nitrogens is 1. The van der Waals surface area contributed by atoms with E-state index < -0.39 is 5.82 Å². The van der Waals surface area contributed by atoms with Gasteiger partial charge in [0.2, 0.25) is 11.1 Å². The van der Waals surface area contributed by atoms with Crippen molar-refractivity contribution in [3.8, 4) is 11.4 Å². The highest BCUT2D eigenvalue weighted by Crippen LogP contribution is 2.26. The molecule has 1 amide bonds. The molecule has 3 rings (SSSR count). The number of nitrogens with one attached hydrogen (secondary N) is 2. The predicted octanol–water partition coefficient (Wildman–Crippen LogP) is 4.00. The van der Waals surface area contributed by atoms with Crippen LogP contribution in [0.1, 0.15) is 0 Å². The van der Waals surface area contributed by atoms with Crippen LogP contribution in [0.5, 0.6) is 0 Å². The van der Waals surface area contributed by atoms with Crippen LogP contribution < -0.4 is 5.32 Å². The number of thioether (sulfide) groups is 1. The van der Waals surface area contributed by atoms with Gasteiger partial charge in [-0.25, -0.2) is 9.37 Å². The second kappa shape index (κ2) is 7.46. The average Bonchev–Trinajstić information content (AvgIpc) is 3.04. The van der Waals surface area contributed by atoms with Crippen LogP contribution in [0.3, 0.4) is 0 Å². The number of para-hydroxylation sites is 1. The van der Waals surface area contributed by atoms with Gasteiger partial charge in [-0.3, -0.25) is 9.89 Å². The summed E-state index contributed by atoms with van der Waals surface area (Å²) >= 11 is 7.25. The molecule has 0 radical (unpaired) electrons. The van der Waals surface area contributed by atoms with Crippen LogP contribution in [0.25, 0.3) is 11.4 Å². The highest BCUT2D eigenvalue weighted by atomic mass is 35.5. The normalized spacial score (nSPS) is 10.6. The van der Waals surface area contributed by atoms with Crippen LogP contribution in [-0.4, -0.2) is 26.8 Å². The van der Waals surface area contributed by atoms with Crippen molar-refractivity contribution in [2.75, 3.05) is 11.1 Å². The van der Waals surface area contributed by atoms with Crippen LogP contribution in [-0.2, 0) is 4.79 Å². The molecule has 0 saturated carbocycles. The molecule has 0 bridgehead atoms. The van der Waals surface area contributed by atoms with E-state index in [1.807, 2.05) is 18.2 Å². The summed E-state index contributed by atoms with van der Waals surface area (Å²) in [5, 5.41) is 10.3. The molecule has 0 atom stereocenters. The Kier molecular flexibility index (Phi) is 5.12. The van der Waals surface area contributed by atoms with Crippen LogP contribution in [0.2, 0.25) is 5.02 Å². The summed E-state index contributed by atoms with van der Waals surface area (Å²) in [6, 6.07) is 13.2. The molecule has 0 unspecified atom stereocenters. The van der Waals surface area contributed by atoms with Gasteiger partial charge < -0.3 is 5.32 Å². The van der Waals surface area contributed by atoms with Crippen LogP contribution >= 0.6 is 23.4 Å². The fourth-order valence-corrected chi connectivity index (χ4v) is 2.79. The number of carbonyl (C=O) groups is 1. The zero-order chi connectivity index (χ0) is 16.9. The van der Waals surface area contributed by atoms with Gasteiger partial charge >= 0.3 is 0 Å². The Labute approximate surface area is 146 Å². The molecule has 2 aromatic carbocycles. The van der Waals surface area contributed by atoms with Gasteiger partial charge in [-0.15, -0.1) is 5.10 Å². The van der Waals surface area contributed by atoms with Gasteiger partial charge in [-0.05, 0) is 24.3 Å². The maximum atomic E-state index is 13.5. The van der Waals surface area contributed by atoms with Crippen molar-refractivity contribution in [3.05, 3.63) is 59.4 Å². The van der Waals surface area contributed by atoms with Crippen molar-refractivity contribution in [2.24, 2.45) is 0 Å². The summed E-state index contributed by atoms with van der Waals surface area (Å²) in [5.74, 6) is -0.227. The van der Waals surface area contributed by atoms with Gasteiger partial charge in [0.15, 0.2) is 5.82 Å². The number of hydrogen-bond acceptors (Lipinski definition) is 4. The van der Waals surface area contributed by atoms with E-state index in [9.17, 15) is 9.18 Å². The third kappa shape index (κ3) is 3.93. The number of aromatic amines is 1. The summed E-state index contributed by atoms with van der Waals surface area (Å²) in [7, 11) is 0. The molecule has 24 heavy (non-hydrogen) atoms. The highest BCUT2D eigenvalue weighted by Gasteiger charge is 2.12. The first-order chi connectivity index (χ1) is 11.6. The lowest BCUT2D eigenvalue weighted by molar-refractivity contribution is -0.113. The minimum absolute atomic E-state index is 0.0636. The van der Waals surface area contributed by atoms with Crippen LogP contribution in [0, 0.1) is 5.82 Å². The van der Waals surface area contributed by atoms with Gasteiger partial charge in [0.25, 0.3) is 0 Å².